The topological polar surface area (TPSA) is 38.0 Å². The molecule has 0 saturated heterocycles. The Morgan fingerprint density at radius 1 is 1.18 bits per heavy atom. The summed E-state index contributed by atoms with van der Waals surface area (Å²) in [5, 5.41) is 14.6. The number of hydrogen-bond acceptors (Lipinski definition) is 2. The highest BCUT2D eigenvalue weighted by molar-refractivity contribution is 5.41. The van der Waals surface area contributed by atoms with Crippen molar-refractivity contribution in [2.75, 3.05) is 0 Å². The van der Waals surface area contributed by atoms with Crippen molar-refractivity contribution in [2.45, 2.75) is 33.6 Å². The third-order valence-electron chi connectivity index (χ3n) is 2.94. The van der Waals surface area contributed by atoms with E-state index in [0.717, 1.165) is 29.8 Å². The van der Waals surface area contributed by atoms with Gasteiger partial charge in [-0.3, -0.25) is 0 Å². The van der Waals surface area contributed by atoms with Crippen LogP contribution in [0.25, 0.3) is 5.69 Å². The van der Waals surface area contributed by atoms with Crippen LogP contribution in [0.4, 0.5) is 0 Å². The highest BCUT2D eigenvalue weighted by atomic mass is 16.3. The molecule has 0 atom stereocenters. The molecule has 90 valence electrons. The van der Waals surface area contributed by atoms with Gasteiger partial charge in [0.1, 0.15) is 0 Å². The number of aromatic nitrogens is 2. The summed E-state index contributed by atoms with van der Waals surface area (Å²) < 4.78 is 1.61. The molecule has 17 heavy (non-hydrogen) atoms. The Hall–Kier alpha value is -1.77. The summed E-state index contributed by atoms with van der Waals surface area (Å²) >= 11 is 0. The van der Waals surface area contributed by atoms with Crippen LogP contribution in [0, 0.1) is 13.8 Å². The molecule has 1 aromatic heterocycles. The third kappa shape index (κ3) is 2.18. The molecule has 0 bridgehead atoms. The average molecular weight is 230 g/mol. The fourth-order valence-electron chi connectivity index (χ4n) is 1.96. The second kappa shape index (κ2) is 4.62. The first kappa shape index (κ1) is 11.7. The van der Waals surface area contributed by atoms with Crippen LogP contribution in [-0.4, -0.2) is 14.9 Å². The van der Waals surface area contributed by atoms with Crippen LogP contribution < -0.4 is 0 Å². The molecule has 1 heterocycles. The van der Waals surface area contributed by atoms with Gasteiger partial charge in [0.2, 0.25) is 5.88 Å². The maximum absolute atomic E-state index is 10.2. The van der Waals surface area contributed by atoms with Crippen LogP contribution >= 0.6 is 0 Å². The maximum Gasteiger partial charge on any atom is 0.217 e. The van der Waals surface area contributed by atoms with Gasteiger partial charge in [0, 0.05) is 5.56 Å². The lowest BCUT2D eigenvalue weighted by atomic mass is 10.1. The van der Waals surface area contributed by atoms with Crippen molar-refractivity contribution in [3.8, 4) is 11.6 Å². The molecule has 0 aliphatic heterocycles. The van der Waals surface area contributed by atoms with Gasteiger partial charge in [0.05, 0.1) is 11.4 Å². The van der Waals surface area contributed by atoms with Crippen molar-refractivity contribution in [3.63, 3.8) is 0 Å². The van der Waals surface area contributed by atoms with Crippen LogP contribution in [-0.2, 0) is 6.42 Å². The molecular formula is C14H18N2O. The zero-order valence-corrected chi connectivity index (χ0v) is 10.6. The molecule has 0 unspecified atom stereocenters. The molecule has 0 saturated carbocycles. The number of aromatic hydroxyl groups is 1. The second-order valence-corrected chi connectivity index (χ2v) is 4.38. The molecule has 0 radical (unpaired) electrons. The number of rotatable bonds is 3. The van der Waals surface area contributed by atoms with Gasteiger partial charge in [-0.2, -0.15) is 5.10 Å². The van der Waals surface area contributed by atoms with E-state index >= 15 is 0 Å². The molecule has 2 aromatic rings. The Morgan fingerprint density at radius 3 is 2.41 bits per heavy atom. The normalized spacial score (nSPS) is 10.8. The minimum Gasteiger partial charge on any atom is -0.493 e. The van der Waals surface area contributed by atoms with E-state index in [0.29, 0.717) is 0 Å². The number of hydrogen-bond donors (Lipinski definition) is 1. The van der Waals surface area contributed by atoms with E-state index in [2.05, 4.69) is 12.0 Å². The molecule has 0 fully saturated rings. The minimum absolute atomic E-state index is 0.271. The molecule has 1 N–H and O–H groups in total. The molecule has 3 heteroatoms. The van der Waals surface area contributed by atoms with Gasteiger partial charge in [0.15, 0.2) is 0 Å². The molecule has 1 aromatic carbocycles. The maximum atomic E-state index is 10.2. The Labute approximate surface area is 102 Å². The lowest BCUT2D eigenvalue weighted by Crippen LogP contribution is -1.95. The Kier molecular flexibility index (Phi) is 3.18. The summed E-state index contributed by atoms with van der Waals surface area (Å²) in [5.41, 5.74) is 3.96. The van der Waals surface area contributed by atoms with E-state index in [-0.39, 0.29) is 5.88 Å². The molecule has 0 amide bonds. The third-order valence-corrected chi connectivity index (χ3v) is 2.94. The lowest BCUT2D eigenvalue weighted by Gasteiger charge is -2.04. The molecular weight excluding hydrogens is 212 g/mol. The van der Waals surface area contributed by atoms with Crippen LogP contribution in [0.2, 0.25) is 0 Å². The highest BCUT2D eigenvalue weighted by Gasteiger charge is 2.14. The quantitative estimate of drug-likeness (QED) is 0.879. The summed E-state index contributed by atoms with van der Waals surface area (Å²) in [6.07, 6.45) is 1.87. The van der Waals surface area contributed by atoms with Crippen LogP contribution in [0.1, 0.15) is 30.2 Å². The summed E-state index contributed by atoms with van der Waals surface area (Å²) in [6, 6.07) is 7.98. The summed E-state index contributed by atoms with van der Waals surface area (Å²) in [4.78, 5) is 0. The van der Waals surface area contributed by atoms with Gasteiger partial charge in [0.25, 0.3) is 0 Å². The van der Waals surface area contributed by atoms with E-state index in [1.54, 1.807) is 4.68 Å². The fourth-order valence-corrected chi connectivity index (χ4v) is 1.96. The smallest absolute Gasteiger partial charge is 0.217 e. The van der Waals surface area contributed by atoms with Crippen LogP contribution in [0.15, 0.2) is 24.3 Å². The van der Waals surface area contributed by atoms with E-state index in [1.165, 1.54) is 5.56 Å². The van der Waals surface area contributed by atoms with Gasteiger partial charge in [-0.25, -0.2) is 4.68 Å². The zero-order valence-electron chi connectivity index (χ0n) is 10.6. The van der Waals surface area contributed by atoms with Crippen molar-refractivity contribution in [1.82, 2.24) is 9.78 Å². The van der Waals surface area contributed by atoms with Gasteiger partial charge in [-0.1, -0.05) is 31.0 Å². The first-order valence-corrected chi connectivity index (χ1v) is 5.98. The summed E-state index contributed by atoms with van der Waals surface area (Å²) in [7, 11) is 0. The number of benzene rings is 1. The van der Waals surface area contributed by atoms with Crippen LogP contribution in [0.5, 0.6) is 5.88 Å². The van der Waals surface area contributed by atoms with E-state index in [9.17, 15) is 5.11 Å². The average Bonchev–Trinajstić information content (AvgIpc) is 2.59. The molecule has 3 nitrogen and oxygen atoms in total. The Balaban J connectivity index is 2.46. The lowest BCUT2D eigenvalue weighted by molar-refractivity contribution is 0.427. The first-order chi connectivity index (χ1) is 8.13. The number of aryl methyl sites for hydroxylation is 2. The van der Waals surface area contributed by atoms with Gasteiger partial charge in [-0.05, 0) is 32.4 Å². The Morgan fingerprint density at radius 2 is 1.82 bits per heavy atom. The molecule has 0 spiro atoms. The van der Waals surface area contributed by atoms with Crippen molar-refractivity contribution >= 4 is 0 Å². The first-order valence-electron chi connectivity index (χ1n) is 5.98. The van der Waals surface area contributed by atoms with Crippen molar-refractivity contribution in [3.05, 3.63) is 41.1 Å². The van der Waals surface area contributed by atoms with Crippen molar-refractivity contribution < 1.29 is 5.11 Å². The predicted octanol–water partition coefficient (Wildman–Crippen LogP) is 3.15. The zero-order chi connectivity index (χ0) is 12.4. The van der Waals surface area contributed by atoms with E-state index in [1.807, 2.05) is 38.1 Å². The van der Waals surface area contributed by atoms with Gasteiger partial charge < -0.3 is 5.11 Å². The van der Waals surface area contributed by atoms with Gasteiger partial charge in [-0.15, -0.1) is 0 Å². The SMILES string of the molecule is CCCc1c(C)nn(-c2ccc(C)cc2)c1O. The van der Waals surface area contributed by atoms with E-state index < -0.39 is 0 Å². The largest absolute Gasteiger partial charge is 0.493 e. The van der Waals surface area contributed by atoms with Crippen LogP contribution in [0.3, 0.4) is 0 Å². The van der Waals surface area contributed by atoms with Crippen molar-refractivity contribution in [1.29, 1.82) is 0 Å². The molecule has 0 aliphatic carbocycles. The summed E-state index contributed by atoms with van der Waals surface area (Å²) in [5.74, 6) is 0.271. The standard InChI is InChI=1S/C14H18N2O/c1-4-5-13-11(3)15-16(14(13)17)12-8-6-10(2)7-9-12/h6-9,17H,4-5H2,1-3H3. The molecule has 0 aliphatic rings. The number of nitrogens with zero attached hydrogens (tertiary/aromatic N) is 2. The summed E-state index contributed by atoms with van der Waals surface area (Å²) in [6.45, 7) is 6.08. The minimum atomic E-state index is 0.271. The fraction of sp³-hybridized carbons (Fsp3) is 0.357. The van der Waals surface area contributed by atoms with E-state index in [4.69, 9.17) is 0 Å². The van der Waals surface area contributed by atoms with Crippen molar-refractivity contribution in [2.24, 2.45) is 0 Å². The van der Waals surface area contributed by atoms with Gasteiger partial charge >= 0.3 is 0 Å². The molecule has 2 rings (SSSR count). The highest BCUT2D eigenvalue weighted by Crippen LogP contribution is 2.25. The Bertz CT molecular complexity index is 512. The monoisotopic (exact) mass is 230 g/mol. The predicted molar refractivity (Wildman–Crippen MR) is 68.7 cm³/mol. The second-order valence-electron chi connectivity index (χ2n) is 4.38.